The van der Waals surface area contributed by atoms with E-state index in [9.17, 15) is 9.59 Å². The molecule has 0 radical (unpaired) electrons. The monoisotopic (exact) mass is 203 g/mol. The van der Waals surface area contributed by atoms with Crippen molar-refractivity contribution < 1.29 is 19.8 Å². The summed E-state index contributed by atoms with van der Waals surface area (Å²) in [6.07, 6.45) is 1.33. The average Bonchev–Trinajstić information content (AvgIpc) is 2.58. The molecule has 1 aromatic rings. The van der Waals surface area contributed by atoms with Crippen molar-refractivity contribution in [2.24, 2.45) is 0 Å². The summed E-state index contributed by atoms with van der Waals surface area (Å²) in [5.41, 5.74) is 0. The number of aromatic nitrogens is 4. The van der Waals surface area contributed by atoms with Crippen molar-refractivity contribution >= 4 is 11.9 Å². The lowest BCUT2D eigenvalue weighted by molar-refractivity contribution is -0.137. The average molecular weight is 203 g/mol. The summed E-state index contributed by atoms with van der Waals surface area (Å²) in [7, 11) is 0. The van der Waals surface area contributed by atoms with Gasteiger partial charge in [0, 0.05) is 0 Å². The van der Waals surface area contributed by atoms with Gasteiger partial charge in [0.2, 0.25) is 0 Å². The molecule has 1 aromatic heterocycles. The van der Waals surface area contributed by atoms with Crippen LogP contribution in [0.1, 0.15) is 0 Å². The van der Waals surface area contributed by atoms with Crippen molar-refractivity contribution in [3.63, 3.8) is 0 Å². The van der Waals surface area contributed by atoms with E-state index in [0.717, 1.165) is 0 Å². The predicted molar refractivity (Wildman–Crippen MR) is 42.3 cm³/mol. The maximum atomic E-state index is 9.73. The normalized spacial score (nSPS) is 8.57. The second kappa shape index (κ2) is 7.61. The maximum absolute atomic E-state index is 9.73. The second-order valence-corrected chi connectivity index (χ2v) is 1.95. The van der Waals surface area contributed by atoms with Crippen LogP contribution in [0.15, 0.2) is 6.33 Å². The highest BCUT2D eigenvalue weighted by Crippen LogP contribution is 1.61. The van der Waals surface area contributed by atoms with Crippen molar-refractivity contribution in [2.45, 2.75) is 0 Å². The molecule has 0 amide bonds. The van der Waals surface area contributed by atoms with Gasteiger partial charge in [-0.3, -0.25) is 14.9 Å². The van der Waals surface area contributed by atoms with Crippen LogP contribution in [-0.4, -0.2) is 55.9 Å². The molecule has 78 valence electrons. The number of carboxylic acid groups (broad SMARTS) is 2. The van der Waals surface area contributed by atoms with E-state index in [1.54, 1.807) is 0 Å². The van der Waals surface area contributed by atoms with Gasteiger partial charge in [0.15, 0.2) is 6.33 Å². The molecule has 0 bridgehead atoms. The number of carboxylic acids is 2. The summed E-state index contributed by atoms with van der Waals surface area (Å²) in [5.74, 6) is -2.12. The van der Waals surface area contributed by atoms with Crippen LogP contribution in [0, 0.1) is 0 Å². The molecule has 1 rings (SSSR count). The highest BCUT2D eigenvalue weighted by Gasteiger charge is 1.97. The number of nitrogens with one attached hydrogen (secondary N) is 2. The lowest BCUT2D eigenvalue weighted by atomic mass is 10.6. The van der Waals surface area contributed by atoms with Crippen LogP contribution in [0.3, 0.4) is 0 Å². The number of H-pyrrole nitrogens is 1. The summed E-state index contributed by atoms with van der Waals surface area (Å²) in [4.78, 5) is 19.5. The van der Waals surface area contributed by atoms with E-state index in [0.29, 0.717) is 0 Å². The number of nitrogens with zero attached hydrogens (tertiary/aromatic N) is 3. The first-order valence-corrected chi connectivity index (χ1v) is 3.43. The zero-order chi connectivity index (χ0) is 10.8. The Morgan fingerprint density at radius 1 is 1.29 bits per heavy atom. The standard InChI is InChI=1S/C4H7NO4.CH2N4/c6-3(7)1-5-2-4(8)9;1-2-4-5-3-1/h5H,1-2H2,(H,6,7)(H,8,9);1H,(H,2,3,4,5). The molecule has 14 heavy (non-hydrogen) atoms. The van der Waals surface area contributed by atoms with Gasteiger partial charge >= 0.3 is 11.9 Å². The van der Waals surface area contributed by atoms with Gasteiger partial charge in [-0.2, -0.15) is 5.21 Å². The second-order valence-electron chi connectivity index (χ2n) is 1.95. The number of carbonyl (C=O) groups is 2. The Balaban J connectivity index is 0.000000280. The molecule has 0 atom stereocenters. The summed E-state index contributed by atoms with van der Waals surface area (Å²) in [6, 6.07) is 0. The third-order valence-corrected chi connectivity index (χ3v) is 0.822. The lowest BCUT2D eigenvalue weighted by Gasteiger charge is -1.93. The summed E-state index contributed by atoms with van der Waals surface area (Å²) in [5, 5.41) is 30.3. The first kappa shape index (κ1) is 12.0. The summed E-state index contributed by atoms with van der Waals surface area (Å²) >= 11 is 0. The van der Waals surface area contributed by atoms with Crippen LogP contribution in [0.5, 0.6) is 0 Å². The quantitative estimate of drug-likeness (QED) is 0.438. The van der Waals surface area contributed by atoms with Crippen LogP contribution in [0.4, 0.5) is 0 Å². The Bertz CT molecular complexity index is 230. The Kier molecular flexibility index (Phi) is 6.51. The van der Waals surface area contributed by atoms with Gasteiger partial charge in [0.1, 0.15) is 0 Å². The van der Waals surface area contributed by atoms with Crippen LogP contribution in [0.25, 0.3) is 0 Å². The van der Waals surface area contributed by atoms with Crippen molar-refractivity contribution in [3.05, 3.63) is 6.33 Å². The van der Waals surface area contributed by atoms with Crippen molar-refractivity contribution in [2.75, 3.05) is 13.1 Å². The van der Waals surface area contributed by atoms with Gasteiger partial charge in [-0.1, -0.05) is 5.21 Å². The topological polar surface area (TPSA) is 141 Å². The molecule has 0 saturated heterocycles. The molecule has 0 spiro atoms. The minimum Gasteiger partial charge on any atom is -0.480 e. The molecule has 0 unspecified atom stereocenters. The summed E-state index contributed by atoms with van der Waals surface area (Å²) < 4.78 is 0. The van der Waals surface area contributed by atoms with E-state index < -0.39 is 11.9 Å². The van der Waals surface area contributed by atoms with E-state index in [1.165, 1.54) is 6.33 Å². The number of rotatable bonds is 4. The first-order valence-electron chi connectivity index (χ1n) is 3.43. The number of aromatic amines is 1. The smallest absolute Gasteiger partial charge is 0.317 e. The molecule has 0 aliphatic carbocycles. The number of tetrazole rings is 1. The number of hydrogen-bond acceptors (Lipinski definition) is 6. The van der Waals surface area contributed by atoms with E-state index >= 15 is 0 Å². The van der Waals surface area contributed by atoms with Crippen LogP contribution >= 0.6 is 0 Å². The minimum absolute atomic E-state index is 0.313. The Morgan fingerprint density at radius 3 is 2.07 bits per heavy atom. The van der Waals surface area contributed by atoms with Gasteiger partial charge in [-0.25, -0.2) is 0 Å². The van der Waals surface area contributed by atoms with Gasteiger partial charge in [0.25, 0.3) is 0 Å². The van der Waals surface area contributed by atoms with Gasteiger partial charge in [-0.15, -0.1) is 10.2 Å². The molecule has 1 heterocycles. The zero-order valence-electron chi connectivity index (χ0n) is 7.04. The highest BCUT2D eigenvalue weighted by molar-refractivity contribution is 5.72. The molecular formula is C5H9N5O4. The van der Waals surface area contributed by atoms with Crippen molar-refractivity contribution in [1.82, 2.24) is 25.9 Å². The van der Waals surface area contributed by atoms with Crippen LogP contribution < -0.4 is 5.32 Å². The molecule has 0 aliphatic rings. The van der Waals surface area contributed by atoms with Gasteiger partial charge < -0.3 is 10.2 Å². The predicted octanol–water partition coefficient (Wildman–Crippen LogP) is -2.06. The molecule has 0 saturated carbocycles. The fourth-order valence-corrected chi connectivity index (χ4v) is 0.405. The molecular weight excluding hydrogens is 194 g/mol. The fraction of sp³-hybridized carbons (Fsp3) is 0.400. The molecule has 0 aromatic carbocycles. The molecule has 0 aliphatic heterocycles. The van der Waals surface area contributed by atoms with Gasteiger partial charge in [0.05, 0.1) is 13.1 Å². The number of hydrogen-bond donors (Lipinski definition) is 4. The first-order chi connectivity index (χ1) is 6.63. The molecule has 9 heteroatoms. The molecule has 9 nitrogen and oxygen atoms in total. The Hall–Kier alpha value is -2.03. The van der Waals surface area contributed by atoms with Crippen LogP contribution in [0.2, 0.25) is 0 Å². The van der Waals surface area contributed by atoms with E-state index in [2.05, 4.69) is 25.9 Å². The maximum Gasteiger partial charge on any atom is 0.317 e. The fourth-order valence-electron chi connectivity index (χ4n) is 0.405. The lowest BCUT2D eigenvalue weighted by Crippen LogP contribution is -2.27. The van der Waals surface area contributed by atoms with Crippen LogP contribution in [-0.2, 0) is 9.59 Å². The highest BCUT2D eigenvalue weighted by atomic mass is 16.4. The zero-order valence-corrected chi connectivity index (χ0v) is 7.04. The third kappa shape index (κ3) is 9.97. The summed E-state index contributed by atoms with van der Waals surface area (Å²) in [6.45, 7) is -0.626. The molecule has 4 N–H and O–H groups in total. The Morgan fingerprint density at radius 2 is 1.86 bits per heavy atom. The largest absolute Gasteiger partial charge is 0.480 e. The van der Waals surface area contributed by atoms with Crippen molar-refractivity contribution in [3.8, 4) is 0 Å². The van der Waals surface area contributed by atoms with E-state index in [4.69, 9.17) is 10.2 Å². The van der Waals surface area contributed by atoms with E-state index in [1.807, 2.05) is 0 Å². The van der Waals surface area contributed by atoms with Gasteiger partial charge in [-0.05, 0) is 0 Å². The third-order valence-electron chi connectivity index (χ3n) is 0.822. The Labute approximate surface area is 78.1 Å². The number of aliphatic carboxylic acids is 2. The SMILES string of the molecule is O=C(O)CNCC(=O)O.c1nn[nH]n1. The molecule has 0 fully saturated rings. The minimum atomic E-state index is -1.06. The van der Waals surface area contributed by atoms with E-state index in [-0.39, 0.29) is 13.1 Å². The van der Waals surface area contributed by atoms with Crippen molar-refractivity contribution in [1.29, 1.82) is 0 Å².